The number of carbonyl (C=O) groups excluding carboxylic acids is 2. The van der Waals surface area contributed by atoms with Crippen molar-refractivity contribution >= 4 is 27.5 Å². The van der Waals surface area contributed by atoms with Crippen molar-refractivity contribution < 1.29 is 26.8 Å². The predicted octanol–water partition coefficient (Wildman–Crippen LogP) is 3.45. The van der Waals surface area contributed by atoms with E-state index < -0.39 is 27.7 Å². The topological polar surface area (TPSA) is 86.8 Å². The summed E-state index contributed by atoms with van der Waals surface area (Å²) < 4.78 is 52.2. The van der Waals surface area contributed by atoms with Crippen molar-refractivity contribution in [2.24, 2.45) is 0 Å². The summed E-state index contributed by atoms with van der Waals surface area (Å²) in [6.45, 7) is 4.12. The molecule has 2 aromatic carbocycles. The maximum atomic E-state index is 13.3. The van der Waals surface area contributed by atoms with Gasteiger partial charge in [-0.3, -0.25) is 13.9 Å². The molecule has 0 fully saturated rings. The normalized spacial score (nSPS) is 12.1. The first-order chi connectivity index (χ1) is 16.1. The van der Waals surface area contributed by atoms with E-state index in [0.717, 1.165) is 10.6 Å². The highest BCUT2D eigenvalue weighted by atomic mass is 32.2. The van der Waals surface area contributed by atoms with Gasteiger partial charge in [-0.25, -0.2) is 17.2 Å². The van der Waals surface area contributed by atoms with Crippen molar-refractivity contribution in [1.82, 2.24) is 10.2 Å². The molecule has 10 heteroatoms. The number of hydrogen-bond acceptors (Lipinski definition) is 4. The fraction of sp³-hybridized carbons (Fsp3) is 0.417. The summed E-state index contributed by atoms with van der Waals surface area (Å²) in [5.74, 6) is -1.50. The predicted molar refractivity (Wildman–Crippen MR) is 128 cm³/mol. The largest absolute Gasteiger partial charge is 0.355 e. The molecule has 0 bridgehead atoms. The summed E-state index contributed by atoms with van der Waals surface area (Å²) in [5.41, 5.74) is 0.967. The highest BCUT2D eigenvalue weighted by molar-refractivity contribution is 7.92. The summed E-state index contributed by atoms with van der Waals surface area (Å²) in [7, 11) is -3.66. The zero-order valence-corrected chi connectivity index (χ0v) is 20.4. The highest BCUT2D eigenvalue weighted by Crippen LogP contribution is 2.20. The van der Waals surface area contributed by atoms with E-state index >= 15 is 0 Å². The number of anilines is 1. The second-order valence-electron chi connectivity index (χ2n) is 7.88. The molecule has 34 heavy (non-hydrogen) atoms. The van der Waals surface area contributed by atoms with Gasteiger partial charge in [0.15, 0.2) is 0 Å². The van der Waals surface area contributed by atoms with Crippen LogP contribution < -0.4 is 9.62 Å². The van der Waals surface area contributed by atoms with Crippen molar-refractivity contribution in [3.63, 3.8) is 0 Å². The van der Waals surface area contributed by atoms with Crippen molar-refractivity contribution in [2.45, 2.75) is 45.7 Å². The molecular weight excluding hydrogens is 464 g/mol. The van der Waals surface area contributed by atoms with E-state index in [9.17, 15) is 26.8 Å². The summed E-state index contributed by atoms with van der Waals surface area (Å²) >= 11 is 0. The molecule has 2 rings (SSSR count). The number of halogens is 2. The molecule has 0 aliphatic heterocycles. The molecule has 0 radical (unpaired) electrons. The number of rotatable bonds is 12. The van der Waals surface area contributed by atoms with Crippen molar-refractivity contribution in [3.05, 3.63) is 65.7 Å². The second kappa shape index (κ2) is 12.5. The molecule has 1 N–H and O–H groups in total. The van der Waals surface area contributed by atoms with Gasteiger partial charge in [-0.15, -0.1) is 0 Å². The van der Waals surface area contributed by atoms with Crippen LogP contribution in [-0.2, 0) is 26.2 Å². The molecule has 2 aromatic rings. The third kappa shape index (κ3) is 7.79. The van der Waals surface area contributed by atoms with Crippen molar-refractivity contribution in [3.8, 4) is 0 Å². The molecule has 0 saturated heterocycles. The lowest BCUT2D eigenvalue weighted by molar-refractivity contribution is -0.141. The molecule has 1 unspecified atom stereocenters. The zero-order valence-electron chi connectivity index (χ0n) is 19.6. The van der Waals surface area contributed by atoms with E-state index in [2.05, 4.69) is 5.32 Å². The van der Waals surface area contributed by atoms with Gasteiger partial charge in [0.1, 0.15) is 17.7 Å². The molecule has 2 amide bonds. The molecule has 0 spiro atoms. The Morgan fingerprint density at radius 1 is 0.971 bits per heavy atom. The fourth-order valence-electron chi connectivity index (χ4n) is 3.61. The molecular formula is C24H31F2N3O4S. The zero-order chi connectivity index (χ0) is 25.3. The molecule has 7 nitrogen and oxygen atoms in total. The second-order valence-corrected chi connectivity index (χ2v) is 9.79. The molecule has 186 valence electrons. The van der Waals surface area contributed by atoms with Gasteiger partial charge in [0, 0.05) is 26.1 Å². The Labute approximate surface area is 199 Å². The van der Waals surface area contributed by atoms with Gasteiger partial charge in [-0.2, -0.15) is 0 Å². The number of amides is 2. The third-order valence-electron chi connectivity index (χ3n) is 5.27. The minimum absolute atomic E-state index is 0.00961. The van der Waals surface area contributed by atoms with Crippen LogP contribution in [0, 0.1) is 11.6 Å². The van der Waals surface area contributed by atoms with Gasteiger partial charge in [0.2, 0.25) is 21.8 Å². The van der Waals surface area contributed by atoms with E-state index in [1.807, 2.05) is 0 Å². The lowest BCUT2D eigenvalue weighted by Crippen LogP contribution is -2.49. The van der Waals surface area contributed by atoms with Crippen LogP contribution in [0.3, 0.4) is 0 Å². The fourth-order valence-corrected chi connectivity index (χ4v) is 4.57. The molecule has 1 atom stereocenters. The molecule has 0 heterocycles. The van der Waals surface area contributed by atoms with E-state index in [0.29, 0.717) is 24.2 Å². The van der Waals surface area contributed by atoms with E-state index in [-0.39, 0.29) is 37.7 Å². The number of likely N-dealkylation sites (N-methyl/N-ethyl adjacent to an activating group) is 1. The van der Waals surface area contributed by atoms with Crippen molar-refractivity contribution in [1.29, 1.82) is 0 Å². The van der Waals surface area contributed by atoms with Crippen LogP contribution in [0.4, 0.5) is 14.5 Å². The Morgan fingerprint density at radius 2 is 1.53 bits per heavy atom. The number of nitrogens with zero attached hydrogens (tertiary/aromatic N) is 2. The summed E-state index contributed by atoms with van der Waals surface area (Å²) in [4.78, 5) is 27.2. The van der Waals surface area contributed by atoms with E-state index in [4.69, 9.17) is 0 Å². The van der Waals surface area contributed by atoms with Gasteiger partial charge in [0.05, 0.1) is 11.9 Å². The lowest BCUT2D eigenvalue weighted by Gasteiger charge is -2.31. The quantitative estimate of drug-likeness (QED) is 0.489. The number of benzene rings is 2. The maximum absolute atomic E-state index is 13.3. The SMILES string of the molecule is CCNC(=O)C(CC)N(Cc1ccc(F)cc1)C(=O)CCCN(c1ccc(F)cc1)S(C)(=O)=O. The van der Waals surface area contributed by atoms with Crippen LogP contribution in [-0.4, -0.2) is 50.5 Å². The first-order valence-corrected chi connectivity index (χ1v) is 13.0. The average Bonchev–Trinajstić information content (AvgIpc) is 2.78. The number of hydrogen-bond donors (Lipinski definition) is 1. The first kappa shape index (κ1) is 27.2. The minimum Gasteiger partial charge on any atom is -0.355 e. The van der Waals surface area contributed by atoms with Gasteiger partial charge < -0.3 is 10.2 Å². The molecule has 0 aromatic heterocycles. The average molecular weight is 496 g/mol. The Balaban J connectivity index is 2.18. The van der Waals surface area contributed by atoms with Crippen LogP contribution in [0.1, 0.15) is 38.7 Å². The van der Waals surface area contributed by atoms with Gasteiger partial charge in [-0.1, -0.05) is 19.1 Å². The monoisotopic (exact) mass is 495 g/mol. The van der Waals surface area contributed by atoms with Crippen LogP contribution in [0.5, 0.6) is 0 Å². The van der Waals surface area contributed by atoms with Crippen LogP contribution in [0.25, 0.3) is 0 Å². The summed E-state index contributed by atoms with van der Waals surface area (Å²) in [6, 6.07) is 10.0. The number of sulfonamides is 1. The van der Waals surface area contributed by atoms with E-state index in [1.165, 1.54) is 41.3 Å². The lowest BCUT2D eigenvalue weighted by atomic mass is 10.1. The summed E-state index contributed by atoms with van der Waals surface area (Å²) in [5, 5.41) is 2.74. The highest BCUT2D eigenvalue weighted by Gasteiger charge is 2.28. The Morgan fingerprint density at radius 3 is 2.03 bits per heavy atom. The Hall–Kier alpha value is -3.01. The standard InChI is InChI=1S/C24H31F2N3O4S/c1-4-22(24(31)27-5-2)28(17-18-8-10-19(25)11-9-18)23(30)7-6-16-29(34(3,32)33)21-14-12-20(26)13-15-21/h8-15,22H,4-7,16-17H2,1-3H3,(H,27,31). The van der Waals surface area contributed by atoms with E-state index in [1.54, 1.807) is 26.0 Å². The molecule has 0 aliphatic carbocycles. The maximum Gasteiger partial charge on any atom is 0.242 e. The van der Waals surface area contributed by atoms with Crippen LogP contribution >= 0.6 is 0 Å². The first-order valence-electron chi connectivity index (χ1n) is 11.1. The van der Waals surface area contributed by atoms with Gasteiger partial charge in [0.25, 0.3) is 0 Å². The minimum atomic E-state index is -3.66. The smallest absolute Gasteiger partial charge is 0.242 e. The Kier molecular flexibility index (Phi) is 9.97. The molecule has 0 aliphatic rings. The number of nitrogens with one attached hydrogen (secondary N) is 1. The van der Waals surface area contributed by atoms with Gasteiger partial charge >= 0.3 is 0 Å². The third-order valence-corrected chi connectivity index (χ3v) is 6.46. The van der Waals surface area contributed by atoms with Crippen LogP contribution in [0.15, 0.2) is 48.5 Å². The van der Waals surface area contributed by atoms with Crippen LogP contribution in [0.2, 0.25) is 0 Å². The molecule has 0 saturated carbocycles. The van der Waals surface area contributed by atoms with Crippen molar-refractivity contribution in [2.75, 3.05) is 23.7 Å². The number of carbonyl (C=O) groups is 2. The summed E-state index contributed by atoms with van der Waals surface area (Å²) in [6.07, 6.45) is 1.60. The van der Waals surface area contributed by atoms with Gasteiger partial charge in [-0.05, 0) is 61.7 Å². The Bertz CT molecular complexity index is 1060.